The van der Waals surface area contributed by atoms with Crippen molar-refractivity contribution in [1.29, 1.82) is 0 Å². The van der Waals surface area contributed by atoms with Gasteiger partial charge in [-0.1, -0.05) is 174 Å². The van der Waals surface area contributed by atoms with Crippen LogP contribution in [0.25, 0.3) is 11.1 Å². The first kappa shape index (κ1) is 41.6. The molecular formula is C48H60BrN3O4. The minimum absolute atomic E-state index is 0.122. The third kappa shape index (κ3) is 9.55. The van der Waals surface area contributed by atoms with Crippen molar-refractivity contribution in [2.75, 3.05) is 33.1 Å². The summed E-state index contributed by atoms with van der Waals surface area (Å²) in [6.07, 6.45) is 22.0. The number of amides is 3. The molecule has 0 fully saturated rings. The fourth-order valence-corrected chi connectivity index (χ4v) is 9.22. The van der Waals surface area contributed by atoms with E-state index < -0.39 is 11.7 Å². The van der Waals surface area contributed by atoms with Gasteiger partial charge in [-0.05, 0) is 43.5 Å². The summed E-state index contributed by atoms with van der Waals surface area (Å²) in [7, 11) is 0. The molecule has 298 valence electrons. The van der Waals surface area contributed by atoms with Crippen LogP contribution in [0, 0.1) is 0 Å². The van der Waals surface area contributed by atoms with Gasteiger partial charge in [0.1, 0.15) is 0 Å². The highest BCUT2D eigenvalue weighted by Crippen LogP contribution is 2.47. The Balaban J connectivity index is 1.21. The molecule has 3 aromatic carbocycles. The van der Waals surface area contributed by atoms with Crippen LogP contribution in [0.2, 0.25) is 0 Å². The average molecular weight is 823 g/mol. The Morgan fingerprint density at radius 2 is 0.946 bits per heavy atom. The van der Waals surface area contributed by atoms with E-state index in [2.05, 4.69) is 22.9 Å². The molecule has 3 heterocycles. The Morgan fingerprint density at radius 1 is 0.482 bits per heavy atom. The van der Waals surface area contributed by atoms with E-state index in [1.54, 1.807) is 17.0 Å². The number of anilines is 3. The number of nitrogens with zero attached hydrogens (tertiary/aromatic N) is 3. The molecule has 3 aliphatic rings. The lowest BCUT2D eigenvalue weighted by Crippen LogP contribution is -2.47. The van der Waals surface area contributed by atoms with Crippen LogP contribution in [0.15, 0.2) is 72.8 Å². The quantitative estimate of drug-likeness (QED) is 0.0390. The van der Waals surface area contributed by atoms with Crippen LogP contribution in [-0.4, -0.2) is 48.0 Å². The number of hydrogen-bond acceptors (Lipinski definition) is 4. The van der Waals surface area contributed by atoms with Crippen molar-refractivity contribution in [2.45, 2.75) is 135 Å². The maximum Gasteiger partial charge on any atom is 0.299 e. The predicted molar refractivity (Wildman–Crippen MR) is 234 cm³/mol. The summed E-state index contributed by atoms with van der Waals surface area (Å²) < 4.78 is 0. The van der Waals surface area contributed by atoms with Crippen molar-refractivity contribution < 1.29 is 19.2 Å². The molecule has 1 atom stereocenters. The summed E-state index contributed by atoms with van der Waals surface area (Å²) in [6.45, 7) is 3.05. The number of alkyl halides is 1. The fraction of sp³-hybridized carbons (Fsp3) is 0.500. The second-order valence-electron chi connectivity index (χ2n) is 15.8. The Kier molecular flexibility index (Phi) is 15.5. The summed E-state index contributed by atoms with van der Waals surface area (Å²) in [4.78, 5) is 61.4. The van der Waals surface area contributed by atoms with Crippen LogP contribution in [0.5, 0.6) is 0 Å². The van der Waals surface area contributed by atoms with Gasteiger partial charge >= 0.3 is 0 Å². The van der Waals surface area contributed by atoms with Gasteiger partial charge in [-0.3, -0.25) is 19.2 Å². The van der Waals surface area contributed by atoms with Crippen LogP contribution in [-0.2, 0) is 14.4 Å². The number of Topliss-reactive ketones (excluding diaryl/α,β-unsaturated/α-hetero) is 1. The molecule has 0 saturated carbocycles. The van der Waals surface area contributed by atoms with E-state index in [1.807, 2.05) is 70.5 Å². The Hall–Kier alpha value is -4.04. The zero-order valence-corrected chi connectivity index (χ0v) is 35.0. The summed E-state index contributed by atoms with van der Waals surface area (Å²) >= 11 is 3.52. The Morgan fingerprint density at radius 3 is 1.55 bits per heavy atom. The van der Waals surface area contributed by atoms with Gasteiger partial charge < -0.3 is 14.7 Å². The van der Waals surface area contributed by atoms with Gasteiger partial charge in [0.15, 0.2) is 0 Å². The first-order chi connectivity index (χ1) is 27.5. The SMILES string of the molecule is CCCCCCCCCCC(CN1C(=O)C(=O)c2ccccc21)N1C(=O)C(=C2C(=O)N(CCCCCCCCCCCCBr)c3ccccc32)c2ccccc21. The highest BCUT2D eigenvalue weighted by atomic mass is 79.9. The maximum atomic E-state index is 15.0. The molecule has 0 radical (unpaired) electrons. The largest absolute Gasteiger partial charge is 0.308 e. The van der Waals surface area contributed by atoms with Gasteiger partial charge in [-0.25, -0.2) is 0 Å². The second-order valence-corrected chi connectivity index (χ2v) is 16.6. The smallest absolute Gasteiger partial charge is 0.299 e. The molecule has 0 N–H and O–H groups in total. The third-order valence-electron chi connectivity index (χ3n) is 11.8. The van der Waals surface area contributed by atoms with E-state index in [0.717, 1.165) is 66.4 Å². The van der Waals surface area contributed by atoms with Crippen LogP contribution < -0.4 is 14.7 Å². The number of carbonyl (C=O) groups excluding carboxylic acids is 4. The van der Waals surface area contributed by atoms with Crippen molar-refractivity contribution in [3.05, 3.63) is 89.5 Å². The van der Waals surface area contributed by atoms with E-state index in [1.165, 1.54) is 77.0 Å². The molecule has 0 saturated heterocycles. The van der Waals surface area contributed by atoms with Gasteiger partial charge in [0.25, 0.3) is 23.5 Å². The molecule has 3 aliphatic heterocycles. The van der Waals surface area contributed by atoms with E-state index in [0.29, 0.717) is 35.4 Å². The standard InChI is InChI=1S/C48H60BrN3O4/c1-2-3-4-5-6-11-14-17-26-36(35-51-41-31-22-20-29-39(41)45(53)48(51)56)52-42-32-23-19-28-38(42)44(47(52)55)43-37-27-18-21-30-40(37)50(46(43)54)34-25-16-13-10-8-7-9-12-15-24-33-49/h18-23,27-32,36H,2-17,24-26,33-35H2,1H3. The lowest BCUT2D eigenvalue weighted by molar-refractivity contribution is -0.115. The lowest BCUT2D eigenvalue weighted by Gasteiger charge is -2.32. The molecule has 3 aromatic rings. The maximum absolute atomic E-state index is 15.0. The first-order valence-electron chi connectivity index (χ1n) is 21.6. The summed E-state index contributed by atoms with van der Waals surface area (Å²) in [6, 6.07) is 22.4. The monoisotopic (exact) mass is 821 g/mol. The van der Waals surface area contributed by atoms with E-state index >= 15 is 4.79 Å². The minimum atomic E-state index is -0.554. The van der Waals surface area contributed by atoms with E-state index in [-0.39, 0.29) is 24.4 Å². The van der Waals surface area contributed by atoms with Crippen LogP contribution in [0.4, 0.5) is 17.1 Å². The number of hydrogen-bond donors (Lipinski definition) is 0. The molecule has 7 nitrogen and oxygen atoms in total. The molecule has 0 bridgehead atoms. The van der Waals surface area contributed by atoms with Crippen molar-refractivity contribution >= 4 is 67.6 Å². The van der Waals surface area contributed by atoms with Gasteiger partial charge in [-0.15, -0.1) is 0 Å². The highest BCUT2D eigenvalue weighted by molar-refractivity contribution is 9.09. The zero-order chi connectivity index (χ0) is 39.3. The summed E-state index contributed by atoms with van der Waals surface area (Å²) in [5.41, 5.74) is 5.05. The summed E-state index contributed by atoms with van der Waals surface area (Å²) in [5, 5.41) is 1.10. The normalized spacial score (nSPS) is 16.6. The molecule has 8 heteroatoms. The fourth-order valence-electron chi connectivity index (χ4n) is 8.82. The Bertz CT molecular complexity index is 1870. The number of rotatable bonds is 24. The molecular weight excluding hydrogens is 762 g/mol. The van der Waals surface area contributed by atoms with Crippen molar-refractivity contribution in [3.8, 4) is 0 Å². The average Bonchev–Trinajstić information content (AvgIpc) is 3.76. The van der Waals surface area contributed by atoms with E-state index in [9.17, 15) is 14.4 Å². The Labute approximate surface area is 343 Å². The highest BCUT2D eigenvalue weighted by Gasteiger charge is 2.45. The molecule has 0 aromatic heterocycles. The molecule has 0 spiro atoms. The van der Waals surface area contributed by atoms with E-state index in [4.69, 9.17) is 0 Å². The number of ketones is 1. The van der Waals surface area contributed by atoms with Crippen molar-refractivity contribution in [2.24, 2.45) is 0 Å². The predicted octanol–water partition coefficient (Wildman–Crippen LogP) is 11.7. The first-order valence-corrected chi connectivity index (χ1v) is 22.7. The van der Waals surface area contributed by atoms with Crippen LogP contribution >= 0.6 is 15.9 Å². The number of benzene rings is 3. The van der Waals surface area contributed by atoms with Crippen molar-refractivity contribution in [1.82, 2.24) is 0 Å². The third-order valence-corrected chi connectivity index (χ3v) is 12.4. The van der Waals surface area contributed by atoms with Gasteiger partial charge in [-0.2, -0.15) is 0 Å². The number of fused-ring (bicyclic) bond motifs is 3. The van der Waals surface area contributed by atoms with Gasteiger partial charge in [0, 0.05) is 29.5 Å². The number of para-hydroxylation sites is 3. The van der Waals surface area contributed by atoms with Crippen LogP contribution in [0.1, 0.15) is 150 Å². The summed E-state index contributed by atoms with van der Waals surface area (Å²) in [5.74, 6) is -1.40. The lowest BCUT2D eigenvalue weighted by atomic mass is 9.96. The number of carbonyl (C=O) groups is 4. The van der Waals surface area contributed by atoms with Crippen LogP contribution in [0.3, 0.4) is 0 Å². The van der Waals surface area contributed by atoms with Gasteiger partial charge in [0.05, 0.1) is 39.8 Å². The number of unbranched alkanes of at least 4 members (excludes halogenated alkanes) is 16. The second kappa shape index (κ2) is 20.9. The molecule has 1 unspecified atom stereocenters. The zero-order valence-electron chi connectivity index (χ0n) is 33.4. The molecule has 56 heavy (non-hydrogen) atoms. The van der Waals surface area contributed by atoms with Gasteiger partial charge in [0.2, 0.25) is 0 Å². The molecule has 0 aliphatic carbocycles. The number of halogens is 1. The van der Waals surface area contributed by atoms with Crippen molar-refractivity contribution in [3.63, 3.8) is 0 Å². The molecule has 3 amide bonds. The molecule has 6 rings (SSSR count). The minimum Gasteiger partial charge on any atom is -0.308 e. The topological polar surface area (TPSA) is 78.0 Å².